The number of hydrogen-bond donors (Lipinski definition) is 2. The van der Waals surface area contributed by atoms with Gasteiger partial charge >= 0.3 is 0 Å². The third kappa shape index (κ3) is 3.83. The fraction of sp³-hybridized carbons (Fsp3) is 0.500. The highest BCUT2D eigenvalue weighted by molar-refractivity contribution is 7.89. The largest absolute Gasteiger partial charge is 0.313 e. The molecule has 1 aliphatic carbocycles. The lowest BCUT2D eigenvalue weighted by Gasteiger charge is -2.12. The minimum absolute atomic E-state index is 0.0391. The van der Waals surface area contributed by atoms with Crippen LogP contribution >= 0.6 is 23.2 Å². The van der Waals surface area contributed by atoms with Crippen LogP contribution < -0.4 is 10.0 Å². The molecule has 1 aromatic rings. The predicted molar refractivity (Wildman–Crippen MR) is 77.2 cm³/mol. The summed E-state index contributed by atoms with van der Waals surface area (Å²) in [6.07, 6.45) is 1.75. The Morgan fingerprint density at radius 2 is 2.00 bits per heavy atom. The summed E-state index contributed by atoms with van der Waals surface area (Å²) in [4.78, 5) is 0.0569. The first-order valence-electron chi connectivity index (χ1n) is 6.15. The van der Waals surface area contributed by atoms with Crippen LogP contribution in [0.2, 0.25) is 10.0 Å². The van der Waals surface area contributed by atoms with Crippen LogP contribution in [0.25, 0.3) is 0 Å². The van der Waals surface area contributed by atoms with Gasteiger partial charge in [-0.15, -0.1) is 0 Å². The van der Waals surface area contributed by atoms with Crippen LogP contribution in [-0.2, 0) is 16.6 Å². The normalized spacial score (nSPS) is 15.7. The Labute approximate surface area is 123 Å². The van der Waals surface area contributed by atoms with Crippen molar-refractivity contribution in [2.24, 2.45) is 0 Å². The minimum atomic E-state index is -3.59. The van der Waals surface area contributed by atoms with Crippen molar-refractivity contribution >= 4 is 33.2 Å². The number of hydrogen-bond acceptors (Lipinski definition) is 3. The lowest BCUT2D eigenvalue weighted by atomic mass is 10.2. The lowest BCUT2D eigenvalue weighted by Crippen LogP contribution is -2.26. The molecule has 0 spiro atoms. The van der Waals surface area contributed by atoms with Crippen molar-refractivity contribution in [3.63, 3.8) is 0 Å². The van der Waals surface area contributed by atoms with Gasteiger partial charge in [-0.3, -0.25) is 0 Å². The van der Waals surface area contributed by atoms with Crippen molar-refractivity contribution in [1.29, 1.82) is 0 Å². The molecule has 0 atom stereocenters. The zero-order chi connectivity index (χ0) is 14.0. The van der Waals surface area contributed by atoms with Gasteiger partial charge in [0.2, 0.25) is 10.0 Å². The highest BCUT2D eigenvalue weighted by Gasteiger charge is 2.30. The van der Waals surface area contributed by atoms with Crippen LogP contribution in [0.3, 0.4) is 0 Å². The summed E-state index contributed by atoms with van der Waals surface area (Å²) in [5.41, 5.74) is 0.687. The Bertz CT molecular complexity index is 571. The second-order valence-corrected chi connectivity index (χ2v) is 7.05. The molecule has 0 unspecified atom stereocenters. The minimum Gasteiger partial charge on any atom is -0.313 e. The molecule has 1 aliphatic rings. The van der Waals surface area contributed by atoms with Crippen LogP contribution in [-0.4, -0.2) is 21.0 Å². The van der Waals surface area contributed by atoms with E-state index in [9.17, 15) is 8.42 Å². The van der Waals surface area contributed by atoms with E-state index in [1.165, 1.54) is 6.07 Å². The molecule has 0 aromatic heterocycles. The van der Waals surface area contributed by atoms with E-state index in [4.69, 9.17) is 23.2 Å². The summed E-state index contributed by atoms with van der Waals surface area (Å²) in [5, 5.41) is 3.71. The summed E-state index contributed by atoms with van der Waals surface area (Å²) in [6, 6.07) is 3.12. The van der Waals surface area contributed by atoms with Crippen molar-refractivity contribution in [1.82, 2.24) is 10.0 Å². The molecule has 1 aromatic carbocycles. The standard InChI is InChI=1S/C12H16Cl2N2O2S/c1-2-15-7-8-5-9(13)6-11(12(8)14)19(17,18)16-10-3-4-10/h5-6,10,15-16H,2-4,7H2,1H3. The average molecular weight is 323 g/mol. The van der Waals surface area contributed by atoms with Crippen molar-refractivity contribution < 1.29 is 8.42 Å². The maximum absolute atomic E-state index is 12.2. The molecule has 0 aliphatic heterocycles. The van der Waals surface area contributed by atoms with E-state index in [2.05, 4.69) is 10.0 Å². The molecule has 2 N–H and O–H groups in total. The van der Waals surface area contributed by atoms with Gasteiger partial charge < -0.3 is 5.32 Å². The van der Waals surface area contributed by atoms with Crippen molar-refractivity contribution in [3.8, 4) is 0 Å². The van der Waals surface area contributed by atoms with Gasteiger partial charge in [-0.1, -0.05) is 30.1 Å². The van der Waals surface area contributed by atoms with Gasteiger partial charge in [-0.25, -0.2) is 13.1 Å². The molecule has 0 radical (unpaired) electrons. The maximum atomic E-state index is 12.2. The van der Waals surface area contributed by atoms with Crippen LogP contribution in [0, 0.1) is 0 Å². The van der Waals surface area contributed by atoms with E-state index in [1.54, 1.807) is 6.07 Å². The molecule has 2 rings (SSSR count). The Balaban J connectivity index is 2.35. The predicted octanol–water partition coefficient (Wildman–Crippen LogP) is 2.54. The molecule has 4 nitrogen and oxygen atoms in total. The molecule has 19 heavy (non-hydrogen) atoms. The Kier molecular flexibility index (Phi) is 4.74. The van der Waals surface area contributed by atoms with Gasteiger partial charge in [-0.05, 0) is 37.1 Å². The number of rotatable bonds is 6. The smallest absolute Gasteiger partial charge is 0.242 e. The number of halogens is 2. The number of nitrogens with one attached hydrogen (secondary N) is 2. The van der Waals surface area contributed by atoms with Gasteiger partial charge in [0.25, 0.3) is 0 Å². The fourth-order valence-corrected chi connectivity index (χ4v) is 3.92. The highest BCUT2D eigenvalue weighted by atomic mass is 35.5. The van der Waals surface area contributed by atoms with Crippen LogP contribution in [0.5, 0.6) is 0 Å². The van der Waals surface area contributed by atoms with Crippen LogP contribution in [0.15, 0.2) is 17.0 Å². The summed E-state index contributed by atoms with van der Waals surface area (Å²) in [7, 11) is -3.59. The second-order valence-electron chi connectivity index (χ2n) is 4.55. The maximum Gasteiger partial charge on any atom is 0.242 e. The van der Waals surface area contributed by atoms with Crippen molar-refractivity contribution in [2.75, 3.05) is 6.54 Å². The van der Waals surface area contributed by atoms with Crippen molar-refractivity contribution in [2.45, 2.75) is 37.2 Å². The highest BCUT2D eigenvalue weighted by Crippen LogP contribution is 2.31. The van der Waals surface area contributed by atoms with Crippen LogP contribution in [0.4, 0.5) is 0 Å². The van der Waals surface area contributed by atoms with Gasteiger partial charge in [0.05, 0.1) is 5.02 Å². The molecule has 0 saturated heterocycles. The van der Waals surface area contributed by atoms with Gasteiger partial charge in [0.15, 0.2) is 0 Å². The van der Waals surface area contributed by atoms with E-state index < -0.39 is 10.0 Å². The van der Waals surface area contributed by atoms with E-state index in [0.29, 0.717) is 17.1 Å². The van der Waals surface area contributed by atoms with Gasteiger partial charge in [-0.2, -0.15) is 0 Å². The zero-order valence-corrected chi connectivity index (χ0v) is 12.9. The molecular weight excluding hydrogens is 307 g/mol. The monoisotopic (exact) mass is 322 g/mol. The van der Waals surface area contributed by atoms with Gasteiger partial charge in [0.1, 0.15) is 4.90 Å². The first kappa shape index (κ1) is 15.1. The fourth-order valence-electron chi connectivity index (χ4n) is 1.69. The Hall–Kier alpha value is -0.330. The molecular formula is C12H16Cl2N2O2S. The second kappa shape index (κ2) is 5.97. The Morgan fingerprint density at radius 3 is 2.58 bits per heavy atom. The first-order valence-corrected chi connectivity index (χ1v) is 8.39. The number of sulfonamides is 1. The Morgan fingerprint density at radius 1 is 1.32 bits per heavy atom. The van der Waals surface area contributed by atoms with E-state index in [-0.39, 0.29) is 16.0 Å². The van der Waals surface area contributed by atoms with E-state index >= 15 is 0 Å². The van der Waals surface area contributed by atoms with E-state index in [1.807, 2.05) is 6.92 Å². The molecule has 0 bridgehead atoms. The van der Waals surface area contributed by atoms with Gasteiger partial charge in [0, 0.05) is 17.6 Å². The molecule has 0 amide bonds. The molecule has 1 saturated carbocycles. The van der Waals surface area contributed by atoms with E-state index in [0.717, 1.165) is 19.4 Å². The molecule has 1 fully saturated rings. The summed E-state index contributed by atoms with van der Waals surface area (Å²) in [6.45, 7) is 3.22. The quantitative estimate of drug-likeness (QED) is 0.846. The summed E-state index contributed by atoms with van der Waals surface area (Å²) < 4.78 is 27.0. The summed E-state index contributed by atoms with van der Waals surface area (Å²) in [5.74, 6) is 0. The third-order valence-corrected chi connectivity index (χ3v) is 5.15. The number of benzene rings is 1. The lowest BCUT2D eigenvalue weighted by molar-refractivity contribution is 0.581. The van der Waals surface area contributed by atoms with Crippen molar-refractivity contribution in [3.05, 3.63) is 27.7 Å². The average Bonchev–Trinajstić information content (AvgIpc) is 3.12. The van der Waals surface area contributed by atoms with Crippen LogP contribution in [0.1, 0.15) is 25.3 Å². The molecule has 106 valence electrons. The first-order chi connectivity index (χ1) is 8.94. The topological polar surface area (TPSA) is 58.2 Å². The zero-order valence-electron chi connectivity index (χ0n) is 10.5. The summed E-state index contributed by atoms with van der Waals surface area (Å²) >= 11 is 12.2. The third-order valence-electron chi connectivity index (χ3n) is 2.83. The SMILES string of the molecule is CCNCc1cc(Cl)cc(S(=O)(=O)NC2CC2)c1Cl. The molecule has 0 heterocycles. The molecule has 7 heteroatoms.